The summed E-state index contributed by atoms with van der Waals surface area (Å²) in [5.41, 5.74) is 4.08. The number of rotatable bonds is 3. The minimum atomic E-state index is -0.920. The SMILES string of the molecule is Cc1ccc(C)c(/C(O)=C2\C(=O)C(=O)N(c3nc4ccccc4[nH]3)C2c2ccccn2)c1. The molecule has 5 rings (SSSR count). The third kappa shape index (κ3) is 3.06. The number of nitrogens with one attached hydrogen (secondary N) is 1. The molecule has 2 aromatic carbocycles. The van der Waals surface area contributed by atoms with E-state index in [4.69, 9.17) is 0 Å². The predicted molar refractivity (Wildman–Crippen MR) is 121 cm³/mol. The van der Waals surface area contributed by atoms with Gasteiger partial charge in [-0.05, 0) is 49.7 Å². The van der Waals surface area contributed by atoms with Gasteiger partial charge in [0.15, 0.2) is 0 Å². The van der Waals surface area contributed by atoms with E-state index in [-0.39, 0.29) is 17.3 Å². The molecular formula is C25H20N4O3. The second-order valence-electron chi connectivity index (χ2n) is 7.82. The molecule has 1 fully saturated rings. The molecule has 158 valence electrons. The highest BCUT2D eigenvalue weighted by atomic mass is 16.3. The van der Waals surface area contributed by atoms with Gasteiger partial charge in [-0.3, -0.25) is 19.5 Å². The summed E-state index contributed by atoms with van der Waals surface area (Å²) in [7, 11) is 0. The van der Waals surface area contributed by atoms with Gasteiger partial charge in [0, 0.05) is 11.8 Å². The van der Waals surface area contributed by atoms with Gasteiger partial charge in [0.2, 0.25) is 5.95 Å². The van der Waals surface area contributed by atoms with E-state index in [1.807, 2.05) is 50.2 Å². The fourth-order valence-corrected chi connectivity index (χ4v) is 4.06. The molecule has 1 amide bonds. The molecule has 1 aliphatic heterocycles. The van der Waals surface area contributed by atoms with Crippen molar-refractivity contribution in [3.05, 3.63) is 94.8 Å². The van der Waals surface area contributed by atoms with Crippen LogP contribution in [0.2, 0.25) is 0 Å². The van der Waals surface area contributed by atoms with E-state index >= 15 is 0 Å². The van der Waals surface area contributed by atoms with Gasteiger partial charge < -0.3 is 10.1 Å². The lowest BCUT2D eigenvalue weighted by molar-refractivity contribution is -0.132. The lowest BCUT2D eigenvalue weighted by Crippen LogP contribution is -2.30. The van der Waals surface area contributed by atoms with Crippen molar-refractivity contribution >= 4 is 34.4 Å². The van der Waals surface area contributed by atoms with Gasteiger partial charge in [0.05, 0.1) is 22.3 Å². The van der Waals surface area contributed by atoms with Crippen molar-refractivity contribution in [1.29, 1.82) is 0 Å². The fourth-order valence-electron chi connectivity index (χ4n) is 4.06. The Bertz CT molecular complexity index is 1370. The zero-order valence-electron chi connectivity index (χ0n) is 17.5. The number of imidazole rings is 1. The third-order valence-electron chi connectivity index (χ3n) is 5.67. The van der Waals surface area contributed by atoms with E-state index in [1.54, 1.807) is 30.5 Å². The maximum Gasteiger partial charge on any atom is 0.302 e. The Balaban J connectivity index is 1.76. The number of Topliss-reactive ketones (excluding diaryl/α,β-unsaturated/α-hetero) is 1. The molecule has 0 saturated carbocycles. The number of carbonyl (C=O) groups excluding carboxylic acids is 2. The standard InChI is InChI=1S/C25H20N4O3/c1-14-10-11-15(2)16(13-14)22(30)20-21(19-9-5-6-12-26-19)29(24(32)23(20)31)25-27-17-7-3-4-8-18(17)28-25/h3-13,21,30H,1-2H3,(H,27,28)/b22-20+. The number of fused-ring (bicyclic) bond motifs is 1. The molecule has 1 atom stereocenters. The molecule has 1 aliphatic rings. The van der Waals surface area contributed by atoms with E-state index in [1.165, 1.54) is 4.90 Å². The van der Waals surface area contributed by atoms with E-state index in [0.717, 1.165) is 16.6 Å². The lowest BCUT2D eigenvalue weighted by Gasteiger charge is -2.22. The van der Waals surface area contributed by atoms with Gasteiger partial charge in [0.25, 0.3) is 5.78 Å². The average molecular weight is 424 g/mol. The van der Waals surface area contributed by atoms with Crippen molar-refractivity contribution in [2.24, 2.45) is 0 Å². The number of ketones is 1. The summed E-state index contributed by atoms with van der Waals surface area (Å²) in [5, 5.41) is 11.3. The summed E-state index contributed by atoms with van der Waals surface area (Å²) in [4.78, 5) is 39.7. The summed E-state index contributed by atoms with van der Waals surface area (Å²) < 4.78 is 0. The minimum absolute atomic E-state index is 0.0112. The van der Waals surface area contributed by atoms with Crippen LogP contribution < -0.4 is 4.90 Å². The summed E-state index contributed by atoms with van der Waals surface area (Å²) >= 11 is 0. The highest BCUT2D eigenvalue weighted by Gasteiger charge is 2.49. The monoisotopic (exact) mass is 424 g/mol. The Morgan fingerprint density at radius 2 is 1.81 bits per heavy atom. The number of aliphatic hydroxyl groups excluding tert-OH is 1. The van der Waals surface area contributed by atoms with Gasteiger partial charge in [-0.25, -0.2) is 4.98 Å². The number of aryl methyl sites for hydroxylation is 2. The van der Waals surface area contributed by atoms with Crippen LogP contribution in [-0.4, -0.2) is 31.7 Å². The van der Waals surface area contributed by atoms with Crippen molar-refractivity contribution in [2.45, 2.75) is 19.9 Å². The lowest BCUT2D eigenvalue weighted by atomic mass is 9.95. The maximum atomic E-state index is 13.2. The van der Waals surface area contributed by atoms with Gasteiger partial charge in [-0.1, -0.05) is 35.9 Å². The van der Waals surface area contributed by atoms with Crippen molar-refractivity contribution < 1.29 is 14.7 Å². The molecule has 32 heavy (non-hydrogen) atoms. The molecular weight excluding hydrogens is 404 g/mol. The van der Waals surface area contributed by atoms with Crippen molar-refractivity contribution in [3.8, 4) is 0 Å². The molecule has 1 unspecified atom stereocenters. The highest BCUT2D eigenvalue weighted by molar-refractivity contribution is 6.51. The van der Waals surface area contributed by atoms with Crippen LogP contribution in [0, 0.1) is 13.8 Å². The molecule has 1 saturated heterocycles. The number of anilines is 1. The number of amides is 1. The minimum Gasteiger partial charge on any atom is -0.507 e. The van der Waals surface area contributed by atoms with Gasteiger partial charge >= 0.3 is 5.91 Å². The van der Waals surface area contributed by atoms with E-state index in [2.05, 4.69) is 15.0 Å². The zero-order chi connectivity index (χ0) is 22.4. The maximum absolute atomic E-state index is 13.2. The second-order valence-corrected chi connectivity index (χ2v) is 7.82. The molecule has 2 aromatic heterocycles. The molecule has 7 nitrogen and oxygen atoms in total. The van der Waals surface area contributed by atoms with Crippen molar-refractivity contribution in [2.75, 3.05) is 4.90 Å². The van der Waals surface area contributed by atoms with Crippen molar-refractivity contribution in [3.63, 3.8) is 0 Å². The summed E-state index contributed by atoms with van der Waals surface area (Å²) in [6.07, 6.45) is 1.59. The number of hydrogen-bond acceptors (Lipinski definition) is 5. The second kappa shape index (κ2) is 7.46. The van der Waals surface area contributed by atoms with Gasteiger partial charge in [-0.15, -0.1) is 0 Å². The smallest absolute Gasteiger partial charge is 0.302 e. The number of nitrogens with zero attached hydrogens (tertiary/aromatic N) is 3. The summed E-state index contributed by atoms with van der Waals surface area (Å²) in [6, 6.07) is 17.3. The van der Waals surface area contributed by atoms with Crippen LogP contribution >= 0.6 is 0 Å². The van der Waals surface area contributed by atoms with Crippen LogP contribution in [0.5, 0.6) is 0 Å². The molecule has 3 heterocycles. The molecule has 0 spiro atoms. The highest BCUT2D eigenvalue weighted by Crippen LogP contribution is 2.41. The van der Waals surface area contributed by atoms with Crippen LogP contribution in [0.25, 0.3) is 16.8 Å². The Labute approximate surface area is 184 Å². The Hall–Kier alpha value is -4.26. The Morgan fingerprint density at radius 3 is 2.56 bits per heavy atom. The topological polar surface area (TPSA) is 99.2 Å². The predicted octanol–water partition coefficient (Wildman–Crippen LogP) is 4.20. The molecule has 2 N–H and O–H groups in total. The first kappa shape index (κ1) is 19.7. The molecule has 0 aliphatic carbocycles. The van der Waals surface area contributed by atoms with Crippen molar-refractivity contribution in [1.82, 2.24) is 15.0 Å². The first-order valence-electron chi connectivity index (χ1n) is 10.2. The molecule has 4 aromatic rings. The summed E-state index contributed by atoms with van der Waals surface area (Å²) in [6.45, 7) is 3.75. The number of hydrogen-bond donors (Lipinski definition) is 2. The van der Waals surface area contributed by atoms with E-state index < -0.39 is 17.7 Å². The number of aromatic nitrogens is 3. The molecule has 0 radical (unpaired) electrons. The molecule has 0 bridgehead atoms. The van der Waals surface area contributed by atoms with Crippen LogP contribution in [-0.2, 0) is 9.59 Å². The van der Waals surface area contributed by atoms with Crippen LogP contribution in [0.3, 0.4) is 0 Å². The fraction of sp³-hybridized carbons (Fsp3) is 0.120. The number of aromatic amines is 1. The van der Waals surface area contributed by atoms with Gasteiger partial charge in [0.1, 0.15) is 11.8 Å². The number of H-pyrrole nitrogens is 1. The Morgan fingerprint density at radius 1 is 1.03 bits per heavy atom. The summed E-state index contributed by atoms with van der Waals surface area (Å²) in [5.74, 6) is -1.55. The number of pyridine rings is 1. The molecule has 7 heteroatoms. The quantitative estimate of drug-likeness (QED) is 0.292. The number of carbonyl (C=O) groups is 2. The number of para-hydroxylation sites is 2. The van der Waals surface area contributed by atoms with E-state index in [9.17, 15) is 14.7 Å². The normalized spacial score (nSPS) is 17.9. The van der Waals surface area contributed by atoms with Crippen LogP contribution in [0.4, 0.5) is 5.95 Å². The first-order valence-corrected chi connectivity index (χ1v) is 10.2. The average Bonchev–Trinajstić information content (AvgIpc) is 3.34. The largest absolute Gasteiger partial charge is 0.507 e. The number of aliphatic hydroxyl groups is 1. The third-order valence-corrected chi connectivity index (χ3v) is 5.67. The van der Waals surface area contributed by atoms with Gasteiger partial charge in [-0.2, -0.15) is 0 Å². The van der Waals surface area contributed by atoms with Crippen LogP contribution in [0.1, 0.15) is 28.4 Å². The first-order chi connectivity index (χ1) is 15.5. The number of benzene rings is 2. The zero-order valence-corrected chi connectivity index (χ0v) is 17.5. The van der Waals surface area contributed by atoms with E-state index in [0.29, 0.717) is 16.8 Å². The van der Waals surface area contributed by atoms with Crippen LogP contribution in [0.15, 0.2) is 72.4 Å². The Kier molecular flexibility index (Phi) is 4.59.